The molecule has 2 aromatic heterocycles. The summed E-state index contributed by atoms with van der Waals surface area (Å²) >= 11 is 0. The van der Waals surface area contributed by atoms with Crippen LogP contribution in [0, 0.1) is 5.82 Å². The molecule has 6 nitrogen and oxygen atoms in total. The van der Waals surface area contributed by atoms with Crippen molar-refractivity contribution in [3.63, 3.8) is 0 Å². The number of pyridine rings is 2. The van der Waals surface area contributed by atoms with Gasteiger partial charge in [0.15, 0.2) is 0 Å². The Labute approximate surface area is 145 Å². The third-order valence-electron chi connectivity index (χ3n) is 4.13. The Balaban J connectivity index is 1.80. The Bertz CT molecular complexity index is 758. The van der Waals surface area contributed by atoms with Crippen molar-refractivity contribution >= 4 is 17.5 Å². The van der Waals surface area contributed by atoms with E-state index >= 15 is 0 Å². The van der Waals surface area contributed by atoms with Gasteiger partial charge in [-0.1, -0.05) is 6.07 Å². The fraction of sp³-hybridized carbons (Fsp3) is 0.389. The van der Waals surface area contributed by atoms with E-state index in [4.69, 9.17) is 0 Å². The number of carbonyl (C=O) groups is 1. The number of nitrogens with one attached hydrogen (secondary N) is 1. The third-order valence-corrected chi connectivity index (χ3v) is 4.13. The number of aliphatic hydroxyl groups is 1. The average Bonchev–Trinajstić information content (AvgIpc) is 3.05. The topological polar surface area (TPSA) is 78.4 Å². The highest BCUT2D eigenvalue weighted by atomic mass is 19.1. The number of amides is 1. The van der Waals surface area contributed by atoms with Gasteiger partial charge in [0, 0.05) is 6.54 Å². The largest absolute Gasteiger partial charge is 0.381 e. The Morgan fingerprint density at radius 3 is 2.80 bits per heavy atom. The zero-order valence-electron chi connectivity index (χ0n) is 14.2. The second kappa shape index (κ2) is 6.76. The smallest absolute Gasteiger partial charge is 0.254 e. The highest BCUT2D eigenvalue weighted by Crippen LogP contribution is 2.33. The summed E-state index contributed by atoms with van der Waals surface area (Å²) in [6.45, 7) is 3.60. The molecule has 7 heteroatoms. The summed E-state index contributed by atoms with van der Waals surface area (Å²) < 4.78 is 12.9. The van der Waals surface area contributed by atoms with Gasteiger partial charge >= 0.3 is 0 Å². The Morgan fingerprint density at radius 2 is 2.12 bits per heavy atom. The Morgan fingerprint density at radius 1 is 1.32 bits per heavy atom. The summed E-state index contributed by atoms with van der Waals surface area (Å²) in [6.07, 6.45) is 2.80. The molecule has 2 aromatic rings. The van der Waals surface area contributed by atoms with E-state index in [1.165, 1.54) is 26.0 Å². The van der Waals surface area contributed by atoms with Gasteiger partial charge in [-0.05, 0) is 51.0 Å². The zero-order chi connectivity index (χ0) is 18.0. The molecular weight excluding hydrogens is 323 g/mol. The molecule has 1 saturated heterocycles. The molecule has 0 spiro atoms. The molecule has 1 atom stereocenters. The summed E-state index contributed by atoms with van der Waals surface area (Å²) in [7, 11) is 0. The van der Waals surface area contributed by atoms with E-state index in [1.807, 2.05) is 12.1 Å². The van der Waals surface area contributed by atoms with Gasteiger partial charge in [-0.15, -0.1) is 0 Å². The van der Waals surface area contributed by atoms with Crippen molar-refractivity contribution in [2.75, 3.05) is 11.9 Å². The second-order valence-corrected chi connectivity index (χ2v) is 6.65. The van der Waals surface area contributed by atoms with Crippen molar-refractivity contribution in [3.8, 4) is 0 Å². The summed E-state index contributed by atoms with van der Waals surface area (Å²) in [4.78, 5) is 22.6. The fourth-order valence-corrected chi connectivity index (χ4v) is 2.96. The van der Waals surface area contributed by atoms with Crippen LogP contribution in [0.1, 0.15) is 38.4 Å². The second-order valence-electron chi connectivity index (χ2n) is 6.65. The molecule has 0 bridgehead atoms. The van der Waals surface area contributed by atoms with Crippen molar-refractivity contribution in [1.82, 2.24) is 14.9 Å². The van der Waals surface area contributed by atoms with Crippen LogP contribution in [0.15, 0.2) is 36.5 Å². The van der Waals surface area contributed by atoms with Crippen LogP contribution in [0.25, 0.3) is 0 Å². The lowest BCUT2D eigenvalue weighted by molar-refractivity contribution is -0.148. The molecule has 0 unspecified atom stereocenters. The first-order chi connectivity index (χ1) is 11.8. The van der Waals surface area contributed by atoms with E-state index in [-0.39, 0.29) is 11.9 Å². The minimum Gasteiger partial charge on any atom is -0.381 e. The lowest BCUT2D eigenvalue weighted by atomic mass is 10.1. The summed E-state index contributed by atoms with van der Waals surface area (Å²) in [5.41, 5.74) is -0.654. The predicted octanol–water partition coefficient (Wildman–Crippen LogP) is 2.79. The van der Waals surface area contributed by atoms with E-state index < -0.39 is 11.4 Å². The lowest BCUT2D eigenvalue weighted by Crippen LogP contribution is -2.44. The van der Waals surface area contributed by atoms with Crippen molar-refractivity contribution < 1.29 is 14.3 Å². The number of aromatic nitrogens is 2. The highest BCUT2D eigenvalue weighted by molar-refractivity contribution is 5.84. The van der Waals surface area contributed by atoms with Gasteiger partial charge in [-0.3, -0.25) is 4.79 Å². The molecule has 0 radical (unpaired) electrons. The first-order valence-electron chi connectivity index (χ1n) is 8.23. The van der Waals surface area contributed by atoms with Crippen LogP contribution in [-0.4, -0.2) is 38.0 Å². The molecule has 1 fully saturated rings. The highest BCUT2D eigenvalue weighted by Gasteiger charge is 2.37. The van der Waals surface area contributed by atoms with Crippen LogP contribution < -0.4 is 5.32 Å². The molecule has 0 aromatic carbocycles. The first kappa shape index (κ1) is 17.3. The molecule has 1 aliphatic heterocycles. The van der Waals surface area contributed by atoms with Crippen LogP contribution in [-0.2, 0) is 4.79 Å². The van der Waals surface area contributed by atoms with Gasteiger partial charge in [0.2, 0.25) is 0 Å². The Kier molecular flexibility index (Phi) is 4.67. The van der Waals surface area contributed by atoms with Crippen molar-refractivity contribution in [3.05, 3.63) is 48.0 Å². The van der Waals surface area contributed by atoms with Crippen LogP contribution in [0.5, 0.6) is 0 Å². The summed E-state index contributed by atoms with van der Waals surface area (Å²) in [5.74, 6) is 0.357. The lowest BCUT2D eigenvalue weighted by Gasteiger charge is -2.30. The van der Waals surface area contributed by atoms with E-state index in [0.29, 0.717) is 18.2 Å². The van der Waals surface area contributed by atoms with E-state index in [2.05, 4.69) is 15.3 Å². The standard InChI is InChI=1S/C18H21FN4O2/c1-18(2,25)17(24)23-10-4-6-14(23)13-5-3-7-16(21-13)22-15-9-8-12(19)11-20-15/h3,5,7-9,11,14,25H,4,6,10H2,1-2H3,(H,20,21,22)/t14-/m0/s1. The minimum atomic E-state index is -1.41. The molecule has 1 amide bonds. The normalized spacial score (nSPS) is 17.6. The summed E-state index contributed by atoms with van der Waals surface area (Å²) in [5, 5.41) is 13.0. The maximum absolute atomic E-state index is 12.9. The van der Waals surface area contributed by atoms with Crippen LogP contribution >= 0.6 is 0 Å². The first-order valence-corrected chi connectivity index (χ1v) is 8.23. The maximum Gasteiger partial charge on any atom is 0.254 e. The van der Waals surface area contributed by atoms with E-state index in [9.17, 15) is 14.3 Å². The number of likely N-dealkylation sites (tertiary alicyclic amines) is 1. The Hall–Kier alpha value is -2.54. The molecule has 2 N–H and O–H groups in total. The number of hydrogen-bond acceptors (Lipinski definition) is 5. The molecule has 0 aliphatic carbocycles. The van der Waals surface area contributed by atoms with E-state index in [1.54, 1.807) is 11.0 Å². The van der Waals surface area contributed by atoms with Gasteiger partial charge in [0.05, 0.1) is 17.9 Å². The van der Waals surface area contributed by atoms with Crippen LogP contribution in [0.2, 0.25) is 0 Å². The third kappa shape index (κ3) is 3.93. The number of nitrogens with zero attached hydrogens (tertiary/aromatic N) is 3. The quantitative estimate of drug-likeness (QED) is 0.892. The monoisotopic (exact) mass is 344 g/mol. The van der Waals surface area contributed by atoms with Gasteiger partial charge in [0.1, 0.15) is 23.1 Å². The number of halogens is 1. The fourth-order valence-electron chi connectivity index (χ4n) is 2.96. The molecule has 25 heavy (non-hydrogen) atoms. The van der Waals surface area contributed by atoms with Crippen LogP contribution in [0.4, 0.5) is 16.0 Å². The van der Waals surface area contributed by atoms with Gasteiger partial charge in [0.25, 0.3) is 5.91 Å². The number of carbonyl (C=O) groups excluding carboxylic acids is 1. The molecule has 1 aliphatic rings. The minimum absolute atomic E-state index is 0.165. The molecule has 3 heterocycles. The van der Waals surface area contributed by atoms with Crippen molar-refractivity contribution in [1.29, 1.82) is 0 Å². The molecular formula is C18H21FN4O2. The zero-order valence-corrected chi connectivity index (χ0v) is 14.2. The van der Waals surface area contributed by atoms with Crippen molar-refractivity contribution in [2.24, 2.45) is 0 Å². The van der Waals surface area contributed by atoms with Gasteiger partial charge in [-0.2, -0.15) is 0 Å². The SMILES string of the molecule is CC(C)(O)C(=O)N1CCC[C@H]1c1cccc(Nc2ccc(F)cn2)n1. The van der Waals surface area contributed by atoms with Gasteiger partial charge < -0.3 is 15.3 Å². The number of rotatable bonds is 4. The molecule has 0 saturated carbocycles. The predicted molar refractivity (Wildman–Crippen MR) is 91.7 cm³/mol. The maximum atomic E-state index is 12.9. The summed E-state index contributed by atoms with van der Waals surface area (Å²) in [6, 6.07) is 8.18. The van der Waals surface area contributed by atoms with E-state index in [0.717, 1.165) is 24.7 Å². The number of hydrogen-bond donors (Lipinski definition) is 2. The van der Waals surface area contributed by atoms with Crippen LogP contribution in [0.3, 0.4) is 0 Å². The molecule has 3 rings (SSSR count). The van der Waals surface area contributed by atoms with Gasteiger partial charge in [-0.25, -0.2) is 14.4 Å². The van der Waals surface area contributed by atoms with Crippen molar-refractivity contribution in [2.45, 2.75) is 38.3 Å². The number of anilines is 2. The average molecular weight is 344 g/mol. The molecule has 132 valence electrons.